The lowest BCUT2D eigenvalue weighted by Gasteiger charge is -2.09. The Bertz CT molecular complexity index is 719. The number of phenolic OH excluding ortho intramolecular Hbond substituents is 1. The van der Waals surface area contributed by atoms with E-state index in [0.717, 1.165) is 21.8 Å². The van der Waals surface area contributed by atoms with Gasteiger partial charge < -0.3 is 9.67 Å². The van der Waals surface area contributed by atoms with E-state index in [-0.39, 0.29) is 5.75 Å². The van der Waals surface area contributed by atoms with Crippen LogP contribution in [-0.4, -0.2) is 14.7 Å². The van der Waals surface area contributed by atoms with Crippen molar-refractivity contribution in [1.82, 2.24) is 9.55 Å². The maximum atomic E-state index is 9.35. The molecule has 0 aliphatic carbocycles. The molecule has 0 unspecified atom stereocenters. The third kappa shape index (κ3) is 2.68. The molecule has 1 heterocycles. The highest BCUT2D eigenvalue weighted by Gasteiger charge is 2.06. The summed E-state index contributed by atoms with van der Waals surface area (Å²) in [6, 6.07) is 14.9. The highest BCUT2D eigenvalue weighted by atomic mass is 35.5. The van der Waals surface area contributed by atoms with E-state index < -0.39 is 0 Å². The van der Waals surface area contributed by atoms with Crippen LogP contribution in [0.5, 0.6) is 5.75 Å². The molecule has 1 N–H and O–H groups in total. The lowest BCUT2D eigenvalue weighted by molar-refractivity contribution is 0.475. The number of hydrogen-bond donors (Lipinski definition) is 1. The van der Waals surface area contributed by atoms with E-state index >= 15 is 0 Å². The first-order chi connectivity index (χ1) is 9.72. The van der Waals surface area contributed by atoms with Gasteiger partial charge in [0.25, 0.3) is 0 Å². The smallest absolute Gasteiger partial charge is 0.115 e. The quantitative estimate of drug-likeness (QED) is 0.790. The van der Waals surface area contributed by atoms with E-state index in [4.69, 9.17) is 11.6 Å². The van der Waals surface area contributed by atoms with E-state index in [1.54, 1.807) is 18.5 Å². The zero-order chi connectivity index (χ0) is 13.9. The second-order valence-corrected chi connectivity index (χ2v) is 5.02. The maximum Gasteiger partial charge on any atom is 0.115 e. The Morgan fingerprint density at radius 1 is 1.10 bits per heavy atom. The Kier molecular flexibility index (Phi) is 3.44. The lowest BCUT2D eigenvalue weighted by Crippen LogP contribution is -2.00. The molecule has 0 saturated heterocycles. The van der Waals surface area contributed by atoms with Gasteiger partial charge in [0.1, 0.15) is 5.75 Å². The lowest BCUT2D eigenvalue weighted by atomic mass is 10.1. The summed E-state index contributed by atoms with van der Waals surface area (Å²) in [5.74, 6) is 0.259. The maximum absolute atomic E-state index is 9.35. The van der Waals surface area contributed by atoms with E-state index in [1.165, 1.54) is 0 Å². The van der Waals surface area contributed by atoms with Gasteiger partial charge in [0, 0.05) is 17.1 Å². The molecule has 0 aliphatic rings. The minimum Gasteiger partial charge on any atom is -0.508 e. The van der Waals surface area contributed by atoms with Gasteiger partial charge >= 0.3 is 0 Å². The molecule has 20 heavy (non-hydrogen) atoms. The molecular formula is C16H13ClN2O. The van der Waals surface area contributed by atoms with Crippen molar-refractivity contribution in [1.29, 1.82) is 0 Å². The summed E-state index contributed by atoms with van der Waals surface area (Å²) in [7, 11) is 0. The van der Waals surface area contributed by atoms with Gasteiger partial charge in [-0.25, -0.2) is 4.98 Å². The zero-order valence-corrected chi connectivity index (χ0v) is 11.5. The van der Waals surface area contributed by atoms with Crippen molar-refractivity contribution < 1.29 is 5.11 Å². The Hall–Kier alpha value is -2.26. The first-order valence-electron chi connectivity index (χ1n) is 6.26. The summed E-state index contributed by atoms with van der Waals surface area (Å²) in [5.41, 5.74) is 3.14. The van der Waals surface area contributed by atoms with Crippen molar-refractivity contribution in [3.05, 3.63) is 71.6 Å². The van der Waals surface area contributed by atoms with Crippen LogP contribution in [0.1, 0.15) is 5.56 Å². The highest BCUT2D eigenvalue weighted by Crippen LogP contribution is 2.22. The molecule has 0 fully saturated rings. The fraction of sp³-hybridized carbons (Fsp3) is 0.0625. The number of benzene rings is 2. The largest absolute Gasteiger partial charge is 0.508 e. The Balaban J connectivity index is 1.92. The monoisotopic (exact) mass is 284 g/mol. The molecule has 3 rings (SSSR count). The van der Waals surface area contributed by atoms with Crippen molar-refractivity contribution in [2.24, 2.45) is 0 Å². The summed E-state index contributed by atoms with van der Waals surface area (Å²) < 4.78 is 2.05. The normalized spacial score (nSPS) is 10.7. The van der Waals surface area contributed by atoms with Gasteiger partial charge in [0.15, 0.2) is 0 Å². The van der Waals surface area contributed by atoms with E-state index in [2.05, 4.69) is 9.55 Å². The van der Waals surface area contributed by atoms with Gasteiger partial charge in [-0.15, -0.1) is 0 Å². The van der Waals surface area contributed by atoms with Crippen LogP contribution < -0.4 is 0 Å². The van der Waals surface area contributed by atoms with Crippen LogP contribution in [-0.2, 0) is 6.54 Å². The summed E-state index contributed by atoms with van der Waals surface area (Å²) in [4.78, 5) is 4.21. The minimum atomic E-state index is 0.259. The van der Waals surface area contributed by atoms with Gasteiger partial charge in [-0.3, -0.25) is 0 Å². The first kappa shape index (κ1) is 12.8. The average molecular weight is 285 g/mol. The number of aromatic hydroxyl groups is 1. The van der Waals surface area contributed by atoms with Crippen molar-refractivity contribution in [2.45, 2.75) is 6.54 Å². The van der Waals surface area contributed by atoms with Crippen molar-refractivity contribution >= 4 is 11.6 Å². The van der Waals surface area contributed by atoms with Crippen molar-refractivity contribution in [3.8, 4) is 17.0 Å². The van der Waals surface area contributed by atoms with Gasteiger partial charge in [-0.2, -0.15) is 0 Å². The molecule has 100 valence electrons. The summed E-state index contributed by atoms with van der Waals surface area (Å²) in [6.45, 7) is 0.705. The molecule has 4 heteroatoms. The molecule has 0 spiro atoms. The fourth-order valence-electron chi connectivity index (χ4n) is 2.15. The second kappa shape index (κ2) is 5.39. The minimum absolute atomic E-state index is 0.259. The van der Waals surface area contributed by atoms with Crippen LogP contribution >= 0.6 is 11.6 Å². The van der Waals surface area contributed by atoms with E-state index in [9.17, 15) is 5.11 Å². The SMILES string of the molecule is Oc1ccc(-c2cncn2Cc2cccc(Cl)c2)cc1. The summed E-state index contributed by atoms with van der Waals surface area (Å²) in [6.07, 6.45) is 3.61. The Labute approximate surface area is 122 Å². The molecule has 0 aliphatic heterocycles. The number of halogens is 1. The van der Waals surface area contributed by atoms with Crippen LogP contribution in [0, 0.1) is 0 Å². The molecule has 0 radical (unpaired) electrons. The zero-order valence-electron chi connectivity index (χ0n) is 10.7. The van der Waals surface area contributed by atoms with Crippen LogP contribution in [0.2, 0.25) is 5.02 Å². The number of aromatic nitrogens is 2. The van der Waals surface area contributed by atoms with E-state index in [1.807, 2.05) is 42.6 Å². The van der Waals surface area contributed by atoms with Crippen LogP contribution in [0.25, 0.3) is 11.3 Å². The third-order valence-electron chi connectivity index (χ3n) is 3.12. The molecule has 3 aromatic rings. The van der Waals surface area contributed by atoms with Crippen LogP contribution in [0.4, 0.5) is 0 Å². The molecule has 0 atom stereocenters. The molecular weight excluding hydrogens is 272 g/mol. The number of imidazole rings is 1. The van der Waals surface area contributed by atoms with Gasteiger partial charge in [0.05, 0.1) is 18.2 Å². The van der Waals surface area contributed by atoms with Crippen LogP contribution in [0.15, 0.2) is 61.1 Å². The Morgan fingerprint density at radius 3 is 2.65 bits per heavy atom. The molecule has 2 aromatic carbocycles. The Morgan fingerprint density at radius 2 is 1.90 bits per heavy atom. The number of rotatable bonds is 3. The van der Waals surface area contributed by atoms with Crippen LogP contribution in [0.3, 0.4) is 0 Å². The van der Waals surface area contributed by atoms with Crippen molar-refractivity contribution in [2.75, 3.05) is 0 Å². The first-order valence-corrected chi connectivity index (χ1v) is 6.64. The van der Waals surface area contributed by atoms with Gasteiger partial charge in [-0.1, -0.05) is 23.7 Å². The third-order valence-corrected chi connectivity index (χ3v) is 3.35. The highest BCUT2D eigenvalue weighted by molar-refractivity contribution is 6.30. The van der Waals surface area contributed by atoms with E-state index in [0.29, 0.717) is 6.54 Å². The topological polar surface area (TPSA) is 38.1 Å². The molecule has 0 amide bonds. The summed E-state index contributed by atoms with van der Waals surface area (Å²) >= 11 is 6.01. The standard InChI is InChI=1S/C16H13ClN2O/c17-14-3-1-2-12(8-14)10-19-11-18-9-16(19)13-4-6-15(20)7-5-13/h1-9,11,20H,10H2. The predicted octanol–water partition coefficient (Wildman–Crippen LogP) is 3.96. The number of phenols is 1. The predicted molar refractivity (Wildman–Crippen MR) is 79.9 cm³/mol. The second-order valence-electron chi connectivity index (χ2n) is 4.58. The average Bonchev–Trinajstić information content (AvgIpc) is 2.88. The number of nitrogens with zero attached hydrogens (tertiary/aromatic N) is 2. The van der Waals surface area contributed by atoms with Crippen molar-refractivity contribution in [3.63, 3.8) is 0 Å². The molecule has 3 nitrogen and oxygen atoms in total. The van der Waals surface area contributed by atoms with Gasteiger partial charge in [0.2, 0.25) is 0 Å². The molecule has 0 saturated carbocycles. The molecule has 1 aromatic heterocycles. The number of hydrogen-bond acceptors (Lipinski definition) is 2. The molecule has 0 bridgehead atoms. The fourth-order valence-corrected chi connectivity index (χ4v) is 2.36. The summed E-state index contributed by atoms with van der Waals surface area (Å²) in [5, 5.41) is 10.1. The van der Waals surface area contributed by atoms with Gasteiger partial charge in [-0.05, 0) is 42.0 Å².